The van der Waals surface area contributed by atoms with Crippen molar-refractivity contribution in [2.24, 2.45) is 0 Å². The fourth-order valence-electron chi connectivity index (χ4n) is 2.24. The molecule has 1 atom stereocenters. The summed E-state index contributed by atoms with van der Waals surface area (Å²) >= 11 is 0. The zero-order valence-electron chi connectivity index (χ0n) is 9.75. The second-order valence-corrected chi connectivity index (χ2v) is 4.42. The van der Waals surface area contributed by atoms with Gasteiger partial charge in [0.1, 0.15) is 17.8 Å². The molecule has 0 amide bonds. The molecule has 0 spiro atoms. The second-order valence-electron chi connectivity index (χ2n) is 4.42. The van der Waals surface area contributed by atoms with Gasteiger partial charge in [0.05, 0.1) is 0 Å². The van der Waals surface area contributed by atoms with Crippen molar-refractivity contribution in [3.8, 4) is 0 Å². The number of aromatic nitrogens is 3. The first-order valence-electron chi connectivity index (χ1n) is 6.00. The minimum atomic E-state index is -1.11. The van der Waals surface area contributed by atoms with Crippen LogP contribution in [0.5, 0.6) is 0 Å². The van der Waals surface area contributed by atoms with E-state index in [0.29, 0.717) is 19.3 Å². The number of aryl methyl sites for hydroxylation is 1. The van der Waals surface area contributed by atoms with Crippen molar-refractivity contribution in [3.63, 3.8) is 0 Å². The summed E-state index contributed by atoms with van der Waals surface area (Å²) in [5.74, 6) is 0.770. The Kier molecular flexibility index (Phi) is 3.53. The molecule has 1 aromatic heterocycles. The molecule has 1 aliphatic heterocycles. The van der Waals surface area contributed by atoms with E-state index in [9.17, 15) is 4.39 Å². The van der Waals surface area contributed by atoms with Crippen LogP contribution in [0.25, 0.3) is 0 Å². The molecular weight excluding hydrogens is 207 g/mol. The summed E-state index contributed by atoms with van der Waals surface area (Å²) in [6, 6.07) is 0. The lowest BCUT2D eigenvalue weighted by molar-refractivity contribution is 0.139. The van der Waals surface area contributed by atoms with E-state index < -0.39 is 5.67 Å². The molecule has 0 radical (unpaired) electrons. The van der Waals surface area contributed by atoms with E-state index in [1.165, 1.54) is 6.33 Å². The van der Waals surface area contributed by atoms with Crippen LogP contribution in [0.4, 0.5) is 4.39 Å². The first kappa shape index (κ1) is 11.5. The molecule has 1 unspecified atom stereocenters. The largest absolute Gasteiger partial charge is 0.317 e. The third-order valence-electron chi connectivity index (χ3n) is 3.20. The topological polar surface area (TPSA) is 42.7 Å². The maximum atomic E-state index is 14.6. The van der Waals surface area contributed by atoms with Gasteiger partial charge in [0.15, 0.2) is 0 Å². The highest BCUT2D eigenvalue weighted by Gasteiger charge is 2.32. The molecule has 1 fully saturated rings. The van der Waals surface area contributed by atoms with Crippen molar-refractivity contribution >= 4 is 0 Å². The first-order chi connectivity index (χ1) is 7.73. The highest BCUT2D eigenvalue weighted by atomic mass is 19.1. The van der Waals surface area contributed by atoms with E-state index >= 15 is 0 Å². The Hall–Kier alpha value is -0.970. The van der Waals surface area contributed by atoms with Gasteiger partial charge in [-0.2, -0.15) is 5.10 Å². The van der Waals surface area contributed by atoms with Crippen molar-refractivity contribution in [2.75, 3.05) is 13.1 Å². The van der Waals surface area contributed by atoms with Crippen LogP contribution in [-0.2, 0) is 13.0 Å². The van der Waals surface area contributed by atoms with E-state index in [-0.39, 0.29) is 0 Å². The Morgan fingerprint density at radius 3 is 3.19 bits per heavy atom. The van der Waals surface area contributed by atoms with Crippen LogP contribution in [0, 0.1) is 0 Å². The van der Waals surface area contributed by atoms with Crippen LogP contribution in [0.1, 0.15) is 32.0 Å². The van der Waals surface area contributed by atoms with E-state index in [2.05, 4.69) is 15.4 Å². The molecule has 2 heterocycles. The van der Waals surface area contributed by atoms with Crippen LogP contribution in [0.3, 0.4) is 0 Å². The molecule has 1 aromatic rings. The van der Waals surface area contributed by atoms with Crippen molar-refractivity contribution < 1.29 is 4.39 Å². The molecule has 5 heteroatoms. The zero-order chi connectivity index (χ0) is 11.4. The monoisotopic (exact) mass is 226 g/mol. The highest BCUT2D eigenvalue weighted by Crippen LogP contribution is 2.27. The number of rotatable bonds is 3. The van der Waals surface area contributed by atoms with Gasteiger partial charge < -0.3 is 5.32 Å². The Bertz CT molecular complexity index is 328. The lowest BCUT2D eigenvalue weighted by Gasteiger charge is -2.22. The van der Waals surface area contributed by atoms with Crippen molar-refractivity contribution in [1.29, 1.82) is 0 Å². The average molecular weight is 226 g/mol. The third-order valence-corrected chi connectivity index (χ3v) is 3.20. The second kappa shape index (κ2) is 4.91. The molecule has 1 saturated heterocycles. The lowest BCUT2D eigenvalue weighted by Crippen LogP contribution is -2.29. The Balaban J connectivity index is 2.06. The fraction of sp³-hybridized carbons (Fsp3) is 0.818. The van der Waals surface area contributed by atoms with Crippen molar-refractivity contribution in [3.05, 3.63) is 12.2 Å². The van der Waals surface area contributed by atoms with Gasteiger partial charge >= 0.3 is 0 Å². The molecule has 16 heavy (non-hydrogen) atoms. The number of nitrogens with zero attached hydrogens (tertiary/aromatic N) is 3. The van der Waals surface area contributed by atoms with Gasteiger partial charge in [0, 0.05) is 13.0 Å². The molecule has 4 nitrogen and oxygen atoms in total. The zero-order valence-corrected chi connectivity index (χ0v) is 9.75. The highest BCUT2D eigenvalue weighted by molar-refractivity contribution is 4.96. The van der Waals surface area contributed by atoms with Gasteiger partial charge in [-0.05, 0) is 39.3 Å². The standard InChI is InChI=1S/C11H19FN4/c1-2-16-10(14-9-15-16)8-11(12)4-3-6-13-7-5-11/h9,13H,2-8H2,1H3. The lowest BCUT2D eigenvalue weighted by atomic mass is 9.93. The molecule has 0 aliphatic carbocycles. The van der Waals surface area contributed by atoms with Gasteiger partial charge in [-0.1, -0.05) is 0 Å². The molecule has 1 N–H and O–H groups in total. The number of halogens is 1. The first-order valence-corrected chi connectivity index (χ1v) is 6.00. The molecule has 2 rings (SSSR count). The van der Waals surface area contributed by atoms with Crippen LogP contribution in [-0.4, -0.2) is 33.5 Å². The fourth-order valence-corrected chi connectivity index (χ4v) is 2.24. The normalized spacial score (nSPS) is 26.6. The van der Waals surface area contributed by atoms with Crippen LogP contribution < -0.4 is 5.32 Å². The average Bonchev–Trinajstić information content (AvgIpc) is 2.59. The summed E-state index contributed by atoms with van der Waals surface area (Å²) in [4.78, 5) is 4.15. The quantitative estimate of drug-likeness (QED) is 0.845. The summed E-state index contributed by atoms with van der Waals surface area (Å²) in [7, 11) is 0. The summed E-state index contributed by atoms with van der Waals surface area (Å²) in [5, 5.41) is 7.31. The summed E-state index contributed by atoms with van der Waals surface area (Å²) in [6.07, 6.45) is 4.00. The number of nitrogens with one attached hydrogen (secondary N) is 1. The molecule has 0 aromatic carbocycles. The smallest absolute Gasteiger partial charge is 0.138 e. The summed E-state index contributed by atoms with van der Waals surface area (Å²) in [6.45, 7) is 4.43. The number of alkyl halides is 1. The minimum Gasteiger partial charge on any atom is -0.317 e. The maximum absolute atomic E-state index is 14.6. The van der Waals surface area contributed by atoms with Gasteiger partial charge in [0.25, 0.3) is 0 Å². The molecule has 0 bridgehead atoms. The van der Waals surface area contributed by atoms with Crippen molar-refractivity contribution in [2.45, 2.75) is 44.8 Å². The maximum Gasteiger partial charge on any atom is 0.138 e. The van der Waals surface area contributed by atoms with Crippen LogP contribution in [0.15, 0.2) is 6.33 Å². The SMILES string of the molecule is CCn1ncnc1CC1(F)CCCNCC1. The predicted octanol–water partition coefficient (Wildman–Crippen LogP) is 1.32. The molecule has 0 saturated carbocycles. The Labute approximate surface area is 95.3 Å². The molecule has 1 aliphatic rings. The third kappa shape index (κ3) is 2.58. The Morgan fingerprint density at radius 1 is 1.50 bits per heavy atom. The Morgan fingerprint density at radius 2 is 2.38 bits per heavy atom. The molecule has 90 valence electrons. The van der Waals surface area contributed by atoms with Gasteiger partial charge in [-0.3, -0.25) is 4.68 Å². The van der Waals surface area contributed by atoms with E-state index in [1.807, 2.05) is 6.92 Å². The van der Waals surface area contributed by atoms with Crippen LogP contribution in [0.2, 0.25) is 0 Å². The van der Waals surface area contributed by atoms with E-state index in [4.69, 9.17) is 0 Å². The number of hydrogen-bond donors (Lipinski definition) is 1. The van der Waals surface area contributed by atoms with E-state index in [0.717, 1.165) is 31.9 Å². The number of hydrogen-bond acceptors (Lipinski definition) is 3. The van der Waals surface area contributed by atoms with Crippen molar-refractivity contribution in [1.82, 2.24) is 20.1 Å². The van der Waals surface area contributed by atoms with Gasteiger partial charge in [-0.25, -0.2) is 9.37 Å². The van der Waals surface area contributed by atoms with Gasteiger partial charge in [0.2, 0.25) is 0 Å². The summed E-state index contributed by atoms with van der Waals surface area (Å²) < 4.78 is 16.4. The van der Waals surface area contributed by atoms with Crippen LogP contribution >= 0.6 is 0 Å². The minimum absolute atomic E-state index is 0.391. The van der Waals surface area contributed by atoms with E-state index in [1.54, 1.807) is 4.68 Å². The molecular formula is C11H19FN4. The predicted molar refractivity (Wildman–Crippen MR) is 60.0 cm³/mol. The summed E-state index contributed by atoms with van der Waals surface area (Å²) in [5.41, 5.74) is -1.11. The van der Waals surface area contributed by atoms with Gasteiger partial charge in [-0.15, -0.1) is 0 Å².